The lowest BCUT2D eigenvalue weighted by molar-refractivity contribution is -0.120. The van der Waals surface area contributed by atoms with Gasteiger partial charge in [-0.3, -0.25) is 4.79 Å². The van der Waals surface area contributed by atoms with Crippen molar-refractivity contribution in [2.24, 2.45) is 0 Å². The summed E-state index contributed by atoms with van der Waals surface area (Å²) in [6.45, 7) is 4.62. The SMILES string of the molecule is C[C@@H]1CN(S(=O)(=O)CCNC(=O)Cc2ccc3c(c2)CCCC3)C[C@@H](C)O1. The Labute approximate surface area is 162 Å². The van der Waals surface area contributed by atoms with E-state index in [2.05, 4.69) is 17.4 Å². The molecule has 0 saturated carbocycles. The lowest BCUT2D eigenvalue weighted by atomic mass is 9.90. The van der Waals surface area contributed by atoms with E-state index >= 15 is 0 Å². The number of hydrogen-bond acceptors (Lipinski definition) is 4. The molecule has 1 N–H and O–H groups in total. The van der Waals surface area contributed by atoms with Gasteiger partial charge in [0.2, 0.25) is 15.9 Å². The van der Waals surface area contributed by atoms with Crippen LogP contribution in [0.3, 0.4) is 0 Å². The third-order valence-corrected chi connectivity index (χ3v) is 7.04. The molecule has 0 unspecified atom stereocenters. The van der Waals surface area contributed by atoms with Crippen molar-refractivity contribution < 1.29 is 17.9 Å². The van der Waals surface area contributed by atoms with E-state index < -0.39 is 10.0 Å². The molecular formula is C20H30N2O4S. The van der Waals surface area contributed by atoms with Crippen molar-refractivity contribution in [3.8, 4) is 0 Å². The normalized spacial score (nSPS) is 23.6. The van der Waals surface area contributed by atoms with Crippen LogP contribution in [0.5, 0.6) is 0 Å². The van der Waals surface area contributed by atoms with Gasteiger partial charge in [0.15, 0.2) is 0 Å². The van der Waals surface area contributed by atoms with E-state index in [1.54, 1.807) is 0 Å². The van der Waals surface area contributed by atoms with E-state index in [9.17, 15) is 13.2 Å². The zero-order chi connectivity index (χ0) is 19.4. The molecule has 27 heavy (non-hydrogen) atoms. The van der Waals surface area contributed by atoms with Crippen LogP contribution >= 0.6 is 0 Å². The number of fused-ring (bicyclic) bond motifs is 1. The van der Waals surface area contributed by atoms with Crippen molar-refractivity contribution >= 4 is 15.9 Å². The largest absolute Gasteiger partial charge is 0.373 e. The van der Waals surface area contributed by atoms with Gasteiger partial charge < -0.3 is 10.1 Å². The fourth-order valence-electron chi connectivity index (χ4n) is 3.95. The number of amides is 1. The molecule has 0 spiro atoms. The van der Waals surface area contributed by atoms with Gasteiger partial charge in [-0.05, 0) is 56.2 Å². The second kappa shape index (κ2) is 8.71. The van der Waals surface area contributed by atoms with Gasteiger partial charge in [0.1, 0.15) is 0 Å². The highest BCUT2D eigenvalue weighted by Gasteiger charge is 2.30. The number of rotatable bonds is 6. The molecule has 0 bridgehead atoms. The van der Waals surface area contributed by atoms with Gasteiger partial charge in [-0.1, -0.05) is 18.2 Å². The number of aryl methyl sites for hydroxylation is 2. The molecule has 0 aromatic heterocycles. The highest BCUT2D eigenvalue weighted by atomic mass is 32.2. The summed E-state index contributed by atoms with van der Waals surface area (Å²) >= 11 is 0. The molecule has 150 valence electrons. The van der Waals surface area contributed by atoms with E-state index in [1.165, 1.54) is 28.3 Å². The van der Waals surface area contributed by atoms with E-state index in [-0.39, 0.29) is 30.4 Å². The van der Waals surface area contributed by atoms with Crippen molar-refractivity contribution in [1.29, 1.82) is 0 Å². The number of carbonyl (C=O) groups excluding carboxylic acids is 1. The van der Waals surface area contributed by atoms with Gasteiger partial charge in [-0.25, -0.2) is 8.42 Å². The van der Waals surface area contributed by atoms with Crippen LogP contribution in [0.25, 0.3) is 0 Å². The quantitative estimate of drug-likeness (QED) is 0.796. The first kappa shape index (κ1) is 20.3. The number of carbonyl (C=O) groups is 1. The average molecular weight is 395 g/mol. The number of sulfonamides is 1. The molecule has 1 amide bonds. The number of nitrogens with one attached hydrogen (secondary N) is 1. The standard InChI is InChI=1S/C20H30N2O4S/c1-15-13-22(14-16(2)26-15)27(24,25)10-9-21-20(23)12-17-7-8-18-5-3-4-6-19(18)11-17/h7-8,11,15-16H,3-6,9-10,12-14H2,1-2H3,(H,21,23)/t15-,16-/m1/s1. The lowest BCUT2D eigenvalue weighted by Crippen LogP contribution is -2.49. The monoisotopic (exact) mass is 394 g/mol. The Kier molecular flexibility index (Phi) is 6.55. The van der Waals surface area contributed by atoms with Crippen molar-refractivity contribution in [2.45, 2.75) is 58.2 Å². The minimum absolute atomic E-state index is 0.0810. The van der Waals surface area contributed by atoms with E-state index in [0.717, 1.165) is 18.4 Å². The van der Waals surface area contributed by atoms with Crippen LogP contribution in [0.1, 0.15) is 43.4 Å². The van der Waals surface area contributed by atoms with Crippen molar-refractivity contribution in [3.05, 3.63) is 34.9 Å². The fraction of sp³-hybridized carbons (Fsp3) is 0.650. The maximum Gasteiger partial charge on any atom is 0.224 e. The third kappa shape index (κ3) is 5.53. The minimum Gasteiger partial charge on any atom is -0.373 e. The van der Waals surface area contributed by atoms with Gasteiger partial charge in [0.05, 0.1) is 24.4 Å². The van der Waals surface area contributed by atoms with Crippen molar-refractivity contribution in [1.82, 2.24) is 9.62 Å². The van der Waals surface area contributed by atoms with Crippen LogP contribution in [0, 0.1) is 0 Å². The summed E-state index contributed by atoms with van der Waals surface area (Å²) in [5.74, 6) is -0.216. The molecule has 1 aromatic rings. The van der Waals surface area contributed by atoms with Gasteiger partial charge in [-0.15, -0.1) is 0 Å². The zero-order valence-corrected chi connectivity index (χ0v) is 17.1. The molecular weight excluding hydrogens is 364 g/mol. The van der Waals surface area contributed by atoms with Gasteiger partial charge in [0.25, 0.3) is 0 Å². The summed E-state index contributed by atoms with van der Waals surface area (Å²) in [6, 6.07) is 6.26. The second-order valence-corrected chi connectivity index (χ2v) is 9.82. The number of benzene rings is 1. The van der Waals surface area contributed by atoms with Gasteiger partial charge in [-0.2, -0.15) is 4.31 Å². The molecule has 6 nitrogen and oxygen atoms in total. The third-order valence-electron chi connectivity index (χ3n) is 5.24. The molecule has 2 atom stereocenters. The molecule has 1 saturated heterocycles. The van der Waals surface area contributed by atoms with Gasteiger partial charge >= 0.3 is 0 Å². The highest BCUT2D eigenvalue weighted by Crippen LogP contribution is 2.22. The maximum absolute atomic E-state index is 12.5. The summed E-state index contributed by atoms with van der Waals surface area (Å²) < 4.78 is 32.1. The van der Waals surface area contributed by atoms with Crippen molar-refractivity contribution in [3.63, 3.8) is 0 Å². The van der Waals surface area contributed by atoms with Crippen LogP contribution in [-0.2, 0) is 38.8 Å². The first-order valence-electron chi connectivity index (χ1n) is 9.84. The van der Waals surface area contributed by atoms with Crippen LogP contribution in [-0.4, -0.2) is 56.2 Å². The van der Waals surface area contributed by atoms with E-state index in [1.807, 2.05) is 19.9 Å². The van der Waals surface area contributed by atoms with Gasteiger partial charge in [0, 0.05) is 19.6 Å². The number of hydrogen-bond donors (Lipinski definition) is 1. The highest BCUT2D eigenvalue weighted by molar-refractivity contribution is 7.89. The first-order chi connectivity index (χ1) is 12.8. The summed E-state index contributed by atoms with van der Waals surface area (Å²) in [6.07, 6.45) is 4.72. The predicted octanol–water partition coefficient (Wildman–Crippen LogP) is 1.66. The number of morpholine rings is 1. The summed E-state index contributed by atoms with van der Waals surface area (Å²) in [5, 5.41) is 2.75. The Balaban J connectivity index is 1.48. The molecule has 7 heteroatoms. The molecule has 0 radical (unpaired) electrons. The first-order valence-corrected chi connectivity index (χ1v) is 11.4. The van der Waals surface area contributed by atoms with E-state index in [0.29, 0.717) is 19.5 Å². The topological polar surface area (TPSA) is 75.7 Å². The van der Waals surface area contributed by atoms with Crippen molar-refractivity contribution in [2.75, 3.05) is 25.4 Å². The van der Waals surface area contributed by atoms with Crippen LogP contribution in [0.15, 0.2) is 18.2 Å². The number of ether oxygens (including phenoxy) is 1. The Morgan fingerprint density at radius 1 is 1.15 bits per heavy atom. The molecule has 1 fully saturated rings. The minimum atomic E-state index is -3.39. The van der Waals surface area contributed by atoms with Crippen LogP contribution in [0.2, 0.25) is 0 Å². The Morgan fingerprint density at radius 3 is 2.52 bits per heavy atom. The molecule has 1 aromatic carbocycles. The second-order valence-electron chi connectivity index (χ2n) is 7.73. The molecule has 1 heterocycles. The summed E-state index contributed by atoms with van der Waals surface area (Å²) in [4.78, 5) is 12.2. The van der Waals surface area contributed by atoms with Crippen LogP contribution in [0.4, 0.5) is 0 Å². The molecule has 1 aliphatic heterocycles. The Hall–Kier alpha value is -1.44. The smallest absolute Gasteiger partial charge is 0.224 e. The maximum atomic E-state index is 12.5. The zero-order valence-electron chi connectivity index (χ0n) is 16.2. The Bertz CT molecular complexity index is 768. The average Bonchev–Trinajstić information content (AvgIpc) is 2.60. The van der Waals surface area contributed by atoms with E-state index in [4.69, 9.17) is 4.74 Å². The molecule has 1 aliphatic carbocycles. The summed E-state index contributed by atoms with van der Waals surface area (Å²) in [5.41, 5.74) is 3.74. The molecule has 3 rings (SSSR count). The Morgan fingerprint density at radius 2 is 1.81 bits per heavy atom. The fourth-order valence-corrected chi connectivity index (χ4v) is 5.44. The lowest BCUT2D eigenvalue weighted by Gasteiger charge is -2.34. The number of nitrogens with zero attached hydrogens (tertiary/aromatic N) is 1. The van der Waals surface area contributed by atoms with Crippen LogP contribution < -0.4 is 5.32 Å². The summed E-state index contributed by atoms with van der Waals surface area (Å²) in [7, 11) is -3.39. The molecule has 2 aliphatic rings. The predicted molar refractivity (Wildman–Crippen MR) is 105 cm³/mol.